The van der Waals surface area contributed by atoms with Crippen molar-refractivity contribution in [1.82, 2.24) is 0 Å². The van der Waals surface area contributed by atoms with E-state index in [1.807, 2.05) is 0 Å². The number of hydrogen-bond donors (Lipinski definition) is 0. The number of hydrogen-bond acceptors (Lipinski definition) is 2. The van der Waals surface area contributed by atoms with Crippen LogP contribution in [0.15, 0.2) is 96.6 Å². The largest absolute Gasteiger partial charge is 0.543 e. The summed E-state index contributed by atoms with van der Waals surface area (Å²) in [5.41, 5.74) is 7.97. The van der Waals surface area contributed by atoms with Gasteiger partial charge in [0.25, 0.3) is 0 Å². The zero-order valence-corrected chi connectivity index (χ0v) is 29.8. The van der Waals surface area contributed by atoms with Crippen molar-refractivity contribution in [3.05, 3.63) is 119 Å². The fourth-order valence-electron chi connectivity index (χ4n) is 6.62. The SMILES string of the molecule is C=C(C)C1CCC(C)=CC1c1c(O[Si](C)(C)Cc2ccccc2)cc(CCCCC)cc1O[Si](C)(C)Cc1ccccc1. The van der Waals surface area contributed by atoms with Gasteiger partial charge in [-0.05, 0) is 100 Å². The molecule has 0 aromatic heterocycles. The minimum absolute atomic E-state index is 0.198. The molecule has 0 spiro atoms. The maximum atomic E-state index is 7.29. The molecule has 230 valence electrons. The first-order valence-electron chi connectivity index (χ1n) is 16.4. The van der Waals surface area contributed by atoms with Crippen molar-refractivity contribution in [1.29, 1.82) is 0 Å². The van der Waals surface area contributed by atoms with Gasteiger partial charge in [-0.25, -0.2) is 0 Å². The van der Waals surface area contributed by atoms with Crippen molar-refractivity contribution in [3.63, 3.8) is 0 Å². The molecular weight excluding hydrogens is 557 g/mol. The van der Waals surface area contributed by atoms with E-state index in [1.54, 1.807) is 0 Å². The molecule has 4 heteroatoms. The lowest BCUT2D eigenvalue weighted by Gasteiger charge is -2.36. The third-order valence-electron chi connectivity index (χ3n) is 8.66. The summed E-state index contributed by atoms with van der Waals surface area (Å²) in [5, 5.41) is 0. The summed E-state index contributed by atoms with van der Waals surface area (Å²) in [6, 6.07) is 28.4. The molecule has 0 bridgehead atoms. The first kappa shape index (κ1) is 33.1. The predicted octanol–water partition coefficient (Wildman–Crippen LogP) is 11.2. The lowest BCUT2D eigenvalue weighted by atomic mass is 9.73. The quantitative estimate of drug-likeness (QED) is 0.103. The number of aryl methyl sites for hydroxylation is 1. The first-order chi connectivity index (χ1) is 20.5. The van der Waals surface area contributed by atoms with E-state index >= 15 is 0 Å². The molecule has 1 aliphatic carbocycles. The van der Waals surface area contributed by atoms with Crippen LogP contribution in [0.4, 0.5) is 0 Å². The Balaban J connectivity index is 1.84. The van der Waals surface area contributed by atoms with Gasteiger partial charge in [0.15, 0.2) is 0 Å². The van der Waals surface area contributed by atoms with Gasteiger partial charge in [-0.1, -0.05) is 104 Å². The molecule has 0 fully saturated rings. The first-order valence-corrected chi connectivity index (χ1v) is 22.6. The Morgan fingerprint density at radius 3 is 1.77 bits per heavy atom. The Kier molecular flexibility index (Phi) is 11.4. The molecule has 0 saturated carbocycles. The molecule has 1 aliphatic rings. The topological polar surface area (TPSA) is 18.5 Å². The Morgan fingerprint density at radius 1 is 0.791 bits per heavy atom. The van der Waals surface area contributed by atoms with E-state index < -0.39 is 16.6 Å². The fraction of sp³-hybridized carbons (Fsp3) is 0.436. The highest BCUT2D eigenvalue weighted by molar-refractivity contribution is 6.71. The average Bonchev–Trinajstić information content (AvgIpc) is 2.93. The highest BCUT2D eigenvalue weighted by Gasteiger charge is 2.36. The van der Waals surface area contributed by atoms with Gasteiger partial charge in [-0.15, -0.1) is 0 Å². The van der Waals surface area contributed by atoms with Crippen molar-refractivity contribution >= 4 is 16.6 Å². The predicted molar refractivity (Wildman–Crippen MR) is 190 cm³/mol. The van der Waals surface area contributed by atoms with Crippen molar-refractivity contribution in [2.75, 3.05) is 0 Å². The Hall–Kier alpha value is -2.83. The van der Waals surface area contributed by atoms with Crippen molar-refractivity contribution < 1.29 is 8.85 Å². The zero-order chi connectivity index (χ0) is 31.0. The van der Waals surface area contributed by atoms with Crippen LogP contribution in [0.5, 0.6) is 11.5 Å². The molecule has 3 aromatic carbocycles. The highest BCUT2D eigenvalue weighted by atomic mass is 28.4. The molecule has 0 N–H and O–H groups in total. The number of allylic oxidation sites excluding steroid dienone is 3. The van der Waals surface area contributed by atoms with Crippen LogP contribution in [0.25, 0.3) is 0 Å². The maximum Gasteiger partial charge on any atom is 0.249 e. The van der Waals surface area contributed by atoms with E-state index in [-0.39, 0.29) is 5.92 Å². The Morgan fingerprint density at radius 2 is 1.30 bits per heavy atom. The normalized spacial score (nSPS) is 17.3. The standard InChI is InChI=1S/C39H54O2Si2/c1-9-10-13-22-34-26-37(40-42(5,6)28-32-18-14-11-15-19-32)39(36-25-31(4)23-24-35(36)30(2)3)38(27-34)41-43(7,8)29-33-20-16-12-17-21-33/h11-12,14-21,25-27,35-36H,2,9-10,13,22-24,28-29H2,1,3-8H3. The van der Waals surface area contributed by atoms with Crippen LogP contribution in [0, 0.1) is 5.92 Å². The van der Waals surface area contributed by atoms with Gasteiger partial charge in [0, 0.05) is 23.6 Å². The van der Waals surface area contributed by atoms with E-state index in [0.29, 0.717) is 5.92 Å². The molecule has 43 heavy (non-hydrogen) atoms. The van der Waals surface area contributed by atoms with Gasteiger partial charge in [-0.3, -0.25) is 0 Å². The third kappa shape index (κ3) is 9.58. The van der Waals surface area contributed by atoms with Crippen molar-refractivity contribution in [2.45, 2.75) is 103 Å². The summed E-state index contributed by atoms with van der Waals surface area (Å²) < 4.78 is 14.6. The molecular formula is C39H54O2Si2. The summed E-state index contributed by atoms with van der Waals surface area (Å²) in [7, 11) is -4.27. The Bertz CT molecular complexity index is 1300. The summed E-state index contributed by atoms with van der Waals surface area (Å²) in [5.74, 6) is 2.66. The zero-order valence-electron chi connectivity index (χ0n) is 27.8. The summed E-state index contributed by atoms with van der Waals surface area (Å²) in [6.07, 6.45) is 9.41. The van der Waals surface area contributed by atoms with E-state index in [2.05, 4.69) is 132 Å². The van der Waals surface area contributed by atoms with E-state index in [9.17, 15) is 0 Å². The molecule has 0 aliphatic heterocycles. The molecule has 0 radical (unpaired) electrons. The van der Waals surface area contributed by atoms with Crippen LogP contribution in [-0.2, 0) is 18.5 Å². The van der Waals surface area contributed by atoms with Crippen LogP contribution in [-0.4, -0.2) is 16.6 Å². The third-order valence-corrected chi connectivity index (χ3v) is 12.7. The van der Waals surface area contributed by atoms with E-state index in [4.69, 9.17) is 8.85 Å². The fourth-order valence-corrected chi connectivity index (χ4v) is 10.7. The van der Waals surface area contributed by atoms with Gasteiger partial charge < -0.3 is 8.85 Å². The molecule has 4 rings (SSSR count). The summed E-state index contributed by atoms with van der Waals surface area (Å²) in [6.45, 7) is 20.7. The van der Waals surface area contributed by atoms with Crippen LogP contribution in [0.1, 0.15) is 81.0 Å². The highest BCUT2D eigenvalue weighted by Crippen LogP contribution is 2.48. The molecule has 2 unspecified atom stereocenters. The van der Waals surface area contributed by atoms with Gasteiger partial charge in [-0.2, -0.15) is 0 Å². The second-order valence-corrected chi connectivity index (χ2v) is 22.2. The van der Waals surface area contributed by atoms with Gasteiger partial charge in [0.2, 0.25) is 16.6 Å². The molecule has 0 saturated heterocycles. The van der Waals surface area contributed by atoms with Crippen LogP contribution in [0.3, 0.4) is 0 Å². The minimum atomic E-state index is -2.14. The van der Waals surface area contributed by atoms with Crippen molar-refractivity contribution in [2.24, 2.45) is 5.92 Å². The van der Waals surface area contributed by atoms with E-state index in [1.165, 1.54) is 52.7 Å². The molecule has 2 atom stereocenters. The monoisotopic (exact) mass is 610 g/mol. The second-order valence-electron chi connectivity index (χ2n) is 14.0. The summed E-state index contributed by atoms with van der Waals surface area (Å²) >= 11 is 0. The molecule has 3 aromatic rings. The maximum absolute atomic E-state index is 7.29. The van der Waals surface area contributed by atoms with Gasteiger partial charge in [0.1, 0.15) is 11.5 Å². The van der Waals surface area contributed by atoms with Crippen LogP contribution < -0.4 is 8.85 Å². The Labute approximate surface area is 264 Å². The smallest absolute Gasteiger partial charge is 0.249 e. The lowest BCUT2D eigenvalue weighted by molar-refractivity contribution is 0.445. The summed E-state index contributed by atoms with van der Waals surface area (Å²) in [4.78, 5) is 0. The number of rotatable bonds is 14. The second kappa shape index (κ2) is 14.8. The van der Waals surface area contributed by atoms with Gasteiger partial charge in [0.05, 0.1) is 0 Å². The molecule has 0 amide bonds. The van der Waals surface area contributed by atoms with Gasteiger partial charge >= 0.3 is 0 Å². The van der Waals surface area contributed by atoms with E-state index in [0.717, 1.165) is 42.8 Å². The molecule has 2 nitrogen and oxygen atoms in total. The van der Waals surface area contributed by atoms with Crippen LogP contribution >= 0.6 is 0 Å². The average molecular weight is 611 g/mol. The molecule has 0 heterocycles. The lowest BCUT2D eigenvalue weighted by Crippen LogP contribution is -2.39. The van der Waals surface area contributed by atoms with Crippen LogP contribution in [0.2, 0.25) is 26.2 Å². The number of benzene rings is 3. The van der Waals surface area contributed by atoms with Crippen molar-refractivity contribution in [3.8, 4) is 11.5 Å². The minimum Gasteiger partial charge on any atom is -0.543 e. The number of unbranched alkanes of at least 4 members (excludes halogenated alkanes) is 2.